The molecule has 32 heavy (non-hydrogen) atoms. The number of rotatable bonds is 6. The van der Waals surface area contributed by atoms with E-state index in [9.17, 15) is 5.11 Å². The maximum absolute atomic E-state index is 10.9. The van der Waals surface area contributed by atoms with Crippen molar-refractivity contribution in [3.8, 4) is 28.4 Å². The lowest BCUT2D eigenvalue weighted by atomic mass is 9.96. The van der Waals surface area contributed by atoms with Crippen molar-refractivity contribution < 1.29 is 5.11 Å². The lowest BCUT2D eigenvalue weighted by Gasteiger charge is -2.12. The van der Waals surface area contributed by atoms with Crippen LogP contribution >= 0.6 is 0 Å². The molecule has 0 saturated carbocycles. The Kier molecular flexibility index (Phi) is 5.06. The predicted octanol–water partition coefficient (Wildman–Crippen LogP) is 3.53. The fraction of sp³-hybridized carbons (Fsp3) is 0.217. The maximum atomic E-state index is 10.9. The van der Waals surface area contributed by atoms with E-state index in [1.165, 1.54) is 4.52 Å². The average Bonchev–Trinajstić information content (AvgIpc) is 3.47. The number of fused-ring (bicyclic) bond motifs is 1. The molecule has 3 heterocycles. The number of hydrogen-bond acceptors (Lipinski definition) is 7. The van der Waals surface area contributed by atoms with E-state index in [2.05, 4.69) is 66.9 Å². The molecule has 9 heteroatoms. The van der Waals surface area contributed by atoms with Crippen LogP contribution in [0.15, 0.2) is 48.5 Å². The van der Waals surface area contributed by atoms with E-state index in [-0.39, 0.29) is 5.88 Å². The number of aryl methyl sites for hydroxylation is 2. The molecule has 0 spiro atoms. The predicted molar refractivity (Wildman–Crippen MR) is 119 cm³/mol. The van der Waals surface area contributed by atoms with Gasteiger partial charge in [0.05, 0.1) is 5.69 Å². The van der Waals surface area contributed by atoms with Crippen LogP contribution in [-0.2, 0) is 12.8 Å². The number of aromatic hydroxyl groups is 1. The second-order valence-electron chi connectivity index (χ2n) is 7.65. The second kappa shape index (κ2) is 8.18. The number of aromatic nitrogens is 8. The highest BCUT2D eigenvalue weighted by molar-refractivity contribution is 5.80. The van der Waals surface area contributed by atoms with Gasteiger partial charge in [0.1, 0.15) is 5.82 Å². The molecule has 0 fully saturated rings. The molecule has 0 amide bonds. The summed E-state index contributed by atoms with van der Waals surface area (Å²) >= 11 is 0. The first-order valence-electron chi connectivity index (χ1n) is 10.5. The third-order valence-electron chi connectivity index (χ3n) is 5.41. The van der Waals surface area contributed by atoms with E-state index in [0.717, 1.165) is 46.4 Å². The highest BCUT2D eigenvalue weighted by Gasteiger charge is 2.17. The van der Waals surface area contributed by atoms with Gasteiger partial charge in [0, 0.05) is 17.5 Å². The molecule has 0 aliphatic heterocycles. The summed E-state index contributed by atoms with van der Waals surface area (Å²) in [6.07, 6.45) is 2.24. The zero-order chi connectivity index (χ0) is 22.1. The van der Waals surface area contributed by atoms with Gasteiger partial charge < -0.3 is 5.11 Å². The molecule has 2 aromatic carbocycles. The molecule has 0 unspecified atom stereocenters. The normalized spacial score (nSPS) is 11.3. The molecule has 5 rings (SSSR count). The number of tetrazole rings is 1. The van der Waals surface area contributed by atoms with Crippen molar-refractivity contribution in [1.29, 1.82) is 0 Å². The average molecular weight is 426 g/mol. The van der Waals surface area contributed by atoms with E-state index >= 15 is 0 Å². The zero-order valence-electron chi connectivity index (χ0n) is 17.8. The summed E-state index contributed by atoms with van der Waals surface area (Å²) in [6.45, 7) is 3.89. The molecule has 9 nitrogen and oxygen atoms in total. The standard InChI is InChI=1S/C23H22N8O/c1-3-6-20-19(22(32)31-23(25-20)24-14(2)28-31)13-15-9-11-16(12-10-15)17-7-4-5-8-18(17)21-26-29-30-27-21/h4-5,7-12,32H,3,6,13H2,1-2H3,(H,26,27,29,30). The van der Waals surface area contributed by atoms with Crippen LogP contribution in [0.5, 0.6) is 5.88 Å². The van der Waals surface area contributed by atoms with Gasteiger partial charge in [0.15, 0.2) is 5.82 Å². The molecule has 0 bridgehead atoms. The van der Waals surface area contributed by atoms with Crippen molar-refractivity contribution in [2.45, 2.75) is 33.1 Å². The van der Waals surface area contributed by atoms with Gasteiger partial charge in [-0.25, -0.2) is 10.1 Å². The van der Waals surface area contributed by atoms with Gasteiger partial charge in [-0.3, -0.25) is 0 Å². The van der Waals surface area contributed by atoms with Crippen LogP contribution in [0.2, 0.25) is 0 Å². The summed E-state index contributed by atoms with van der Waals surface area (Å²) in [5, 5.41) is 29.4. The van der Waals surface area contributed by atoms with Crippen LogP contribution in [-0.4, -0.2) is 45.3 Å². The van der Waals surface area contributed by atoms with Crippen LogP contribution < -0.4 is 0 Å². The van der Waals surface area contributed by atoms with Gasteiger partial charge in [0.25, 0.3) is 5.78 Å². The third kappa shape index (κ3) is 3.58. The van der Waals surface area contributed by atoms with Crippen molar-refractivity contribution in [2.75, 3.05) is 0 Å². The molecule has 0 aliphatic carbocycles. The highest BCUT2D eigenvalue weighted by atomic mass is 16.3. The van der Waals surface area contributed by atoms with Crippen molar-refractivity contribution >= 4 is 5.78 Å². The molecule has 5 aromatic rings. The van der Waals surface area contributed by atoms with Gasteiger partial charge in [-0.2, -0.15) is 9.50 Å². The minimum absolute atomic E-state index is 0.103. The van der Waals surface area contributed by atoms with E-state index in [1.54, 1.807) is 6.92 Å². The number of nitrogens with one attached hydrogen (secondary N) is 1. The minimum Gasteiger partial charge on any atom is -0.493 e. The molecular weight excluding hydrogens is 404 g/mol. The van der Waals surface area contributed by atoms with Crippen molar-refractivity contribution in [3.05, 3.63) is 71.2 Å². The third-order valence-corrected chi connectivity index (χ3v) is 5.41. The fourth-order valence-electron chi connectivity index (χ4n) is 3.91. The number of H-pyrrole nitrogens is 1. The Hall–Kier alpha value is -4.14. The lowest BCUT2D eigenvalue weighted by molar-refractivity contribution is 0.426. The Morgan fingerprint density at radius 3 is 2.50 bits per heavy atom. The van der Waals surface area contributed by atoms with Gasteiger partial charge >= 0.3 is 0 Å². The summed E-state index contributed by atoms with van der Waals surface area (Å²) in [5.74, 6) is 1.74. The van der Waals surface area contributed by atoms with Crippen LogP contribution in [0, 0.1) is 6.92 Å². The molecule has 0 atom stereocenters. The van der Waals surface area contributed by atoms with Crippen LogP contribution in [0.3, 0.4) is 0 Å². The van der Waals surface area contributed by atoms with Gasteiger partial charge in [-0.15, -0.1) is 10.2 Å². The first-order chi connectivity index (χ1) is 15.6. The molecule has 160 valence electrons. The van der Waals surface area contributed by atoms with Crippen LogP contribution in [0.25, 0.3) is 28.3 Å². The van der Waals surface area contributed by atoms with E-state index < -0.39 is 0 Å². The zero-order valence-corrected chi connectivity index (χ0v) is 17.8. The van der Waals surface area contributed by atoms with Crippen molar-refractivity contribution in [2.24, 2.45) is 0 Å². The smallest absolute Gasteiger partial charge is 0.255 e. The van der Waals surface area contributed by atoms with Gasteiger partial charge in [-0.1, -0.05) is 61.9 Å². The molecule has 2 N–H and O–H groups in total. The topological polar surface area (TPSA) is 118 Å². The van der Waals surface area contributed by atoms with Gasteiger partial charge in [0.2, 0.25) is 5.88 Å². The summed E-state index contributed by atoms with van der Waals surface area (Å²) in [6, 6.07) is 16.3. The lowest BCUT2D eigenvalue weighted by Crippen LogP contribution is -2.05. The first-order valence-corrected chi connectivity index (χ1v) is 10.5. The fourth-order valence-corrected chi connectivity index (χ4v) is 3.91. The molecule has 0 radical (unpaired) electrons. The Labute approximate surface area is 184 Å². The van der Waals surface area contributed by atoms with Gasteiger partial charge in [-0.05, 0) is 40.5 Å². The number of nitrogens with zero attached hydrogens (tertiary/aromatic N) is 7. The monoisotopic (exact) mass is 426 g/mol. The minimum atomic E-state index is 0.103. The Morgan fingerprint density at radius 2 is 1.78 bits per heavy atom. The summed E-state index contributed by atoms with van der Waals surface area (Å²) in [5.41, 5.74) is 5.73. The largest absolute Gasteiger partial charge is 0.493 e. The highest BCUT2D eigenvalue weighted by Crippen LogP contribution is 2.31. The van der Waals surface area contributed by atoms with E-state index in [0.29, 0.717) is 23.8 Å². The SMILES string of the molecule is CCCc1nc2nc(C)nn2c(O)c1Cc1ccc(-c2ccccc2-c2nnn[nH]2)cc1. The Morgan fingerprint density at radius 1 is 1.00 bits per heavy atom. The van der Waals surface area contributed by atoms with Crippen LogP contribution in [0.4, 0.5) is 0 Å². The quantitative estimate of drug-likeness (QED) is 0.426. The summed E-state index contributed by atoms with van der Waals surface area (Å²) in [4.78, 5) is 8.96. The maximum Gasteiger partial charge on any atom is 0.255 e. The summed E-state index contributed by atoms with van der Waals surface area (Å²) < 4.78 is 1.42. The summed E-state index contributed by atoms with van der Waals surface area (Å²) in [7, 11) is 0. The van der Waals surface area contributed by atoms with E-state index in [4.69, 9.17) is 0 Å². The number of hydrogen-bond donors (Lipinski definition) is 2. The van der Waals surface area contributed by atoms with Crippen molar-refractivity contribution in [3.63, 3.8) is 0 Å². The molecule has 0 saturated heterocycles. The Bertz CT molecular complexity index is 1370. The Balaban J connectivity index is 1.50. The molecule has 0 aliphatic rings. The molecular formula is C23H22N8O. The second-order valence-corrected chi connectivity index (χ2v) is 7.65. The first kappa shape index (κ1) is 19.8. The molecule has 3 aromatic heterocycles. The van der Waals surface area contributed by atoms with Crippen LogP contribution in [0.1, 0.15) is 36.0 Å². The van der Waals surface area contributed by atoms with Crippen molar-refractivity contribution in [1.82, 2.24) is 40.2 Å². The van der Waals surface area contributed by atoms with E-state index in [1.807, 2.05) is 24.3 Å². The number of benzene rings is 2. The number of aromatic amines is 1.